The summed E-state index contributed by atoms with van der Waals surface area (Å²) in [4.78, 5) is 30.2. The normalized spacial score (nSPS) is 14.9. The van der Waals surface area contributed by atoms with Crippen molar-refractivity contribution in [1.82, 2.24) is 4.90 Å². The van der Waals surface area contributed by atoms with Crippen LogP contribution in [-0.2, 0) is 11.3 Å². The van der Waals surface area contributed by atoms with Crippen molar-refractivity contribution in [3.05, 3.63) is 93.5 Å². The predicted molar refractivity (Wildman–Crippen MR) is 145 cm³/mol. The molecule has 1 heterocycles. The molecule has 2 amide bonds. The second kappa shape index (κ2) is 11.8. The molecular weight excluding hydrogens is 497 g/mol. The Morgan fingerprint density at radius 3 is 2.25 bits per heavy atom. The van der Waals surface area contributed by atoms with Crippen LogP contribution >= 0.6 is 23.2 Å². The Bertz CT molecular complexity index is 1240. The highest BCUT2D eigenvalue weighted by Gasteiger charge is 2.26. The average Bonchev–Trinajstić information content (AvgIpc) is 3.37. The first-order valence-corrected chi connectivity index (χ1v) is 12.6. The first kappa shape index (κ1) is 26.0. The molecule has 1 aliphatic heterocycles. The Morgan fingerprint density at radius 1 is 0.972 bits per heavy atom. The quantitative estimate of drug-likeness (QED) is 0.384. The smallest absolute Gasteiger partial charge is 0.257 e. The van der Waals surface area contributed by atoms with Gasteiger partial charge in [-0.2, -0.15) is 0 Å². The van der Waals surface area contributed by atoms with Crippen molar-refractivity contribution in [3.8, 4) is 0 Å². The molecular formula is C28H29Cl2N3O3. The Morgan fingerprint density at radius 2 is 1.64 bits per heavy atom. The summed E-state index contributed by atoms with van der Waals surface area (Å²) >= 11 is 12.6. The van der Waals surface area contributed by atoms with E-state index < -0.39 is 0 Å². The largest absolute Gasteiger partial charge is 0.377 e. The van der Waals surface area contributed by atoms with E-state index in [9.17, 15) is 9.59 Å². The second-order valence-electron chi connectivity index (χ2n) is 8.97. The highest BCUT2D eigenvalue weighted by molar-refractivity contribution is 6.34. The molecule has 0 bridgehead atoms. The number of amides is 2. The van der Waals surface area contributed by atoms with E-state index in [1.54, 1.807) is 53.4 Å². The molecule has 188 valence electrons. The van der Waals surface area contributed by atoms with Gasteiger partial charge in [0.2, 0.25) is 0 Å². The molecule has 0 aromatic heterocycles. The first-order valence-electron chi connectivity index (χ1n) is 11.8. The molecule has 1 saturated heterocycles. The lowest BCUT2D eigenvalue weighted by Crippen LogP contribution is -2.37. The number of rotatable bonds is 8. The Hall–Kier alpha value is -3.06. The molecule has 3 aromatic carbocycles. The number of carbonyl (C=O) groups excluding carboxylic acids is 2. The minimum Gasteiger partial charge on any atom is -0.377 e. The number of nitrogens with zero attached hydrogens (tertiary/aromatic N) is 2. The van der Waals surface area contributed by atoms with Crippen molar-refractivity contribution in [1.29, 1.82) is 0 Å². The number of halogens is 2. The van der Waals surface area contributed by atoms with Crippen molar-refractivity contribution < 1.29 is 14.3 Å². The van der Waals surface area contributed by atoms with Gasteiger partial charge in [0.15, 0.2) is 0 Å². The number of benzene rings is 3. The van der Waals surface area contributed by atoms with Crippen LogP contribution in [0.2, 0.25) is 10.0 Å². The van der Waals surface area contributed by atoms with Crippen LogP contribution in [0.5, 0.6) is 0 Å². The molecule has 0 radical (unpaired) electrons. The van der Waals surface area contributed by atoms with Crippen molar-refractivity contribution in [2.24, 2.45) is 0 Å². The van der Waals surface area contributed by atoms with Crippen molar-refractivity contribution in [3.63, 3.8) is 0 Å². The SMILES string of the molecule is CN(C)c1ccc(NC(=O)c2ccccc2Cl)cc1CN(C[C@@H]1CCCO1)C(=O)c1ccccc1Cl. The van der Waals surface area contributed by atoms with Crippen LogP contribution in [0.4, 0.5) is 11.4 Å². The maximum Gasteiger partial charge on any atom is 0.257 e. The molecule has 36 heavy (non-hydrogen) atoms. The Balaban J connectivity index is 1.64. The highest BCUT2D eigenvalue weighted by atomic mass is 35.5. The number of ether oxygens (including phenoxy) is 1. The highest BCUT2D eigenvalue weighted by Crippen LogP contribution is 2.28. The number of anilines is 2. The van der Waals surface area contributed by atoms with E-state index in [2.05, 4.69) is 5.32 Å². The van der Waals surface area contributed by atoms with Gasteiger partial charge in [-0.3, -0.25) is 9.59 Å². The summed E-state index contributed by atoms with van der Waals surface area (Å²) in [5.74, 6) is -0.459. The predicted octanol–water partition coefficient (Wildman–Crippen LogP) is 6.13. The van der Waals surface area contributed by atoms with E-state index >= 15 is 0 Å². The number of carbonyl (C=O) groups is 2. The van der Waals surface area contributed by atoms with Crippen LogP contribution < -0.4 is 10.2 Å². The van der Waals surface area contributed by atoms with Gasteiger partial charge in [-0.1, -0.05) is 47.5 Å². The molecule has 4 rings (SSSR count). The maximum absolute atomic E-state index is 13.6. The lowest BCUT2D eigenvalue weighted by Gasteiger charge is -2.28. The van der Waals surface area contributed by atoms with E-state index in [0.29, 0.717) is 46.6 Å². The zero-order valence-electron chi connectivity index (χ0n) is 20.3. The van der Waals surface area contributed by atoms with Crippen LogP contribution in [0, 0.1) is 0 Å². The molecule has 1 aliphatic rings. The topological polar surface area (TPSA) is 61.9 Å². The average molecular weight is 526 g/mol. The lowest BCUT2D eigenvalue weighted by atomic mass is 10.1. The monoisotopic (exact) mass is 525 g/mol. The molecule has 1 fully saturated rings. The molecule has 3 aromatic rings. The van der Waals surface area contributed by atoms with E-state index in [1.807, 2.05) is 37.2 Å². The van der Waals surface area contributed by atoms with E-state index in [0.717, 1.165) is 24.1 Å². The summed E-state index contributed by atoms with van der Waals surface area (Å²) in [5.41, 5.74) is 3.28. The fourth-order valence-corrected chi connectivity index (χ4v) is 4.77. The van der Waals surface area contributed by atoms with Crippen molar-refractivity contribution >= 4 is 46.4 Å². The molecule has 0 saturated carbocycles. The lowest BCUT2D eigenvalue weighted by molar-refractivity contribution is 0.0507. The Kier molecular flexibility index (Phi) is 8.52. The van der Waals surface area contributed by atoms with Crippen molar-refractivity contribution in [2.75, 3.05) is 37.5 Å². The van der Waals surface area contributed by atoms with Crippen LogP contribution in [0.3, 0.4) is 0 Å². The van der Waals surface area contributed by atoms with E-state index in [1.165, 1.54) is 0 Å². The molecule has 0 spiro atoms. The molecule has 1 atom stereocenters. The summed E-state index contributed by atoms with van der Waals surface area (Å²) in [6, 6.07) is 19.6. The van der Waals surface area contributed by atoms with Gasteiger partial charge in [-0.15, -0.1) is 0 Å². The van der Waals surface area contributed by atoms with Gasteiger partial charge >= 0.3 is 0 Å². The number of hydrogen-bond donors (Lipinski definition) is 1. The second-order valence-corrected chi connectivity index (χ2v) is 9.79. The zero-order chi connectivity index (χ0) is 25.7. The Labute approximate surface area is 221 Å². The fourth-order valence-electron chi connectivity index (χ4n) is 4.33. The third-order valence-electron chi connectivity index (χ3n) is 6.14. The summed E-state index contributed by atoms with van der Waals surface area (Å²) in [6.45, 7) is 1.48. The zero-order valence-corrected chi connectivity index (χ0v) is 21.9. The van der Waals surface area contributed by atoms with Gasteiger partial charge in [-0.05, 0) is 60.9 Å². The summed E-state index contributed by atoms with van der Waals surface area (Å²) < 4.78 is 5.84. The summed E-state index contributed by atoms with van der Waals surface area (Å²) in [5, 5.41) is 3.72. The molecule has 0 aliphatic carbocycles. The minimum atomic E-state index is -0.299. The van der Waals surface area contributed by atoms with Gasteiger partial charge in [0.1, 0.15) is 0 Å². The third-order valence-corrected chi connectivity index (χ3v) is 6.80. The minimum absolute atomic E-state index is 0.0256. The first-order chi connectivity index (χ1) is 17.3. The molecule has 8 heteroatoms. The summed E-state index contributed by atoms with van der Waals surface area (Å²) in [7, 11) is 3.89. The molecule has 6 nitrogen and oxygen atoms in total. The fraction of sp³-hybridized carbons (Fsp3) is 0.286. The van der Waals surface area contributed by atoms with E-state index in [4.69, 9.17) is 27.9 Å². The number of hydrogen-bond acceptors (Lipinski definition) is 4. The van der Waals surface area contributed by atoms with Crippen molar-refractivity contribution in [2.45, 2.75) is 25.5 Å². The molecule has 0 unspecified atom stereocenters. The van der Waals surface area contributed by atoms with Crippen LogP contribution in [0.25, 0.3) is 0 Å². The van der Waals surface area contributed by atoms with Crippen LogP contribution in [0.15, 0.2) is 66.7 Å². The van der Waals surface area contributed by atoms with Gasteiger partial charge in [-0.25, -0.2) is 0 Å². The summed E-state index contributed by atoms with van der Waals surface area (Å²) in [6.07, 6.45) is 1.86. The standard InChI is InChI=1S/C28H29Cl2N3O3/c1-32(2)26-14-13-20(31-27(34)22-9-3-5-11-24(22)29)16-19(26)17-33(18-21-8-7-15-36-21)28(35)23-10-4-6-12-25(23)30/h3-6,9-14,16,21H,7-8,15,17-18H2,1-2H3,(H,31,34)/t21-/m0/s1. The maximum atomic E-state index is 13.6. The number of nitrogens with one attached hydrogen (secondary N) is 1. The van der Waals surface area contributed by atoms with Gasteiger partial charge in [0.05, 0.1) is 27.3 Å². The van der Waals surface area contributed by atoms with Gasteiger partial charge in [0, 0.05) is 45.2 Å². The van der Waals surface area contributed by atoms with Crippen LogP contribution in [-0.4, -0.2) is 50.1 Å². The molecule has 1 N–H and O–H groups in total. The third kappa shape index (κ3) is 6.19. The van der Waals surface area contributed by atoms with E-state index in [-0.39, 0.29) is 17.9 Å². The van der Waals surface area contributed by atoms with Crippen LogP contribution in [0.1, 0.15) is 39.1 Å². The van der Waals surface area contributed by atoms with Gasteiger partial charge < -0.3 is 19.9 Å². The van der Waals surface area contributed by atoms with Gasteiger partial charge in [0.25, 0.3) is 11.8 Å².